The van der Waals surface area contributed by atoms with Crippen LogP contribution in [0.15, 0.2) is 47.5 Å². The second-order valence-corrected chi connectivity index (χ2v) is 10.4. The molecule has 10 heteroatoms. The summed E-state index contributed by atoms with van der Waals surface area (Å²) in [7, 11) is -3.89. The first kappa shape index (κ1) is 22.3. The SMILES string of the molecule is Cc1ccc2c(CCNS(=O)(=O)c3cccc4c3CN(C3CCC(=O)NC3=O)C4=O)c[nH]c2c1. The zero-order valence-corrected chi connectivity index (χ0v) is 19.4. The van der Waals surface area contributed by atoms with Crippen molar-refractivity contribution < 1.29 is 22.8 Å². The van der Waals surface area contributed by atoms with Gasteiger partial charge in [0.1, 0.15) is 6.04 Å². The fraction of sp³-hybridized carbons (Fsp3) is 0.292. The molecule has 3 N–H and O–H groups in total. The third-order valence-electron chi connectivity index (χ3n) is 6.44. The molecule has 0 radical (unpaired) electrons. The number of fused-ring (bicyclic) bond motifs is 2. The molecule has 1 atom stereocenters. The highest BCUT2D eigenvalue weighted by atomic mass is 32.2. The van der Waals surface area contributed by atoms with E-state index in [4.69, 9.17) is 0 Å². The highest BCUT2D eigenvalue weighted by molar-refractivity contribution is 7.89. The Balaban J connectivity index is 1.33. The summed E-state index contributed by atoms with van der Waals surface area (Å²) in [5, 5.41) is 3.30. The molecule has 3 heterocycles. The number of H-pyrrole nitrogens is 1. The van der Waals surface area contributed by atoms with Crippen molar-refractivity contribution in [1.29, 1.82) is 0 Å². The molecule has 0 aliphatic carbocycles. The molecule has 34 heavy (non-hydrogen) atoms. The third-order valence-corrected chi connectivity index (χ3v) is 7.98. The van der Waals surface area contributed by atoms with Gasteiger partial charge in [0.15, 0.2) is 0 Å². The molecule has 2 aliphatic rings. The highest BCUT2D eigenvalue weighted by Gasteiger charge is 2.41. The molecule has 3 aromatic rings. The van der Waals surface area contributed by atoms with Crippen molar-refractivity contribution in [3.63, 3.8) is 0 Å². The lowest BCUT2D eigenvalue weighted by Crippen LogP contribution is -2.52. The molecule has 3 amide bonds. The Morgan fingerprint density at radius 1 is 1.15 bits per heavy atom. The van der Waals surface area contributed by atoms with Gasteiger partial charge in [0.05, 0.1) is 4.90 Å². The first-order valence-electron chi connectivity index (χ1n) is 11.1. The van der Waals surface area contributed by atoms with E-state index in [1.807, 2.05) is 31.3 Å². The Morgan fingerprint density at radius 3 is 2.76 bits per heavy atom. The summed E-state index contributed by atoms with van der Waals surface area (Å²) in [5.74, 6) is -1.31. The van der Waals surface area contributed by atoms with Gasteiger partial charge in [-0.2, -0.15) is 0 Å². The van der Waals surface area contributed by atoms with E-state index in [9.17, 15) is 22.8 Å². The number of aromatic amines is 1. The molecule has 2 aliphatic heterocycles. The molecule has 5 rings (SSSR count). The maximum atomic E-state index is 13.2. The summed E-state index contributed by atoms with van der Waals surface area (Å²) in [5.41, 5.74) is 3.79. The molecule has 9 nitrogen and oxygen atoms in total. The van der Waals surface area contributed by atoms with Crippen LogP contribution < -0.4 is 10.0 Å². The predicted octanol–water partition coefficient (Wildman–Crippen LogP) is 1.76. The number of aryl methyl sites for hydroxylation is 1. The van der Waals surface area contributed by atoms with Gasteiger partial charge in [0.2, 0.25) is 21.8 Å². The Labute approximate surface area is 196 Å². The highest BCUT2D eigenvalue weighted by Crippen LogP contribution is 2.31. The van der Waals surface area contributed by atoms with Gasteiger partial charge in [-0.1, -0.05) is 18.2 Å². The van der Waals surface area contributed by atoms with Crippen LogP contribution in [0.4, 0.5) is 0 Å². The average Bonchev–Trinajstić information content (AvgIpc) is 3.34. The van der Waals surface area contributed by atoms with Gasteiger partial charge >= 0.3 is 0 Å². The number of hydrogen-bond donors (Lipinski definition) is 3. The van der Waals surface area contributed by atoms with Crippen LogP contribution in [0, 0.1) is 6.92 Å². The van der Waals surface area contributed by atoms with E-state index in [0.717, 1.165) is 22.0 Å². The van der Waals surface area contributed by atoms with Crippen molar-refractivity contribution in [2.24, 2.45) is 0 Å². The zero-order valence-electron chi connectivity index (χ0n) is 18.6. The second-order valence-electron chi connectivity index (χ2n) is 8.69. The van der Waals surface area contributed by atoms with Crippen molar-refractivity contribution in [3.8, 4) is 0 Å². The number of amides is 3. The van der Waals surface area contributed by atoms with Crippen molar-refractivity contribution in [2.75, 3.05) is 6.54 Å². The number of imide groups is 1. The molecule has 0 bridgehead atoms. The first-order chi connectivity index (χ1) is 16.2. The number of rotatable bonds is 6. The monoisotopic (exact) mass is 480 g/mol. The minimum absolute atomic E-state index is 0.000668. The lowest BCUT2D eigenvalue weighted by atomic mass is 10.0. The van der Waals surface area contributed by atoms with E-state index >= 15 is 0 Å². The van der Waals surface area contributed by atoms with E-state index in [0.29, 0.717) is 12.0 Å². The maximum Gasteiger partial charge on any atom is 0.255 e. The number of carbonyl (C=O) groups is 3. The van der Waals surface area contributed by atoms with Gasteiger partial charge in [-0.15, -0.1) is 0 Å². The summed E-state index contributed by atoms with van der Waals surface area (Å²) in [6, 6.07) is 9.84. The minimum atomic E-state index is -3.89. The summed E-state index contributed by atoms with van der Waals surface area (Å²) in [6.07, 6.45) is 2.74. The summed E-state index contributed by atoms with van der Waals surface area (Å²) >= 11 is 0. The van der Waals surface area contributed by atoms with E-state index in [2.05, 4.69) is 15.0 Å². The fourth-order valence-corrected chi connectivity index (χ4v) is 6.00. The number of nitrogens with one attached hydrogen (secondary N) is 3. The van der Waals surface area contributed by atoms with Gasteiger partial charge in [0, 0.05) is 47.7 Å². The first-order valence-corrected chi connectivity index (χ1v) is 12.6. The van der Waals surface area contributed by atoms with Crippen LogP contribution >= 0.6 is 0 Å². The van der Waals surface area contributed by atoms with Crippen molar-refractivity contribution in [1.82, 2.24) is 19.9 Å². The van der Waals surface area contributed by atoms with Gasteiger partial charge < -0.3 is 9.88 Å². The van der Waals surface area contributed by atoms with Crippen molar-refractivity contribution in [2.45, 2.75) is 43.7 Å². The number of hydrogen-bond acceptors (Lipinski definition) is 5. The lowest BCUT2D eigenvalue weighted by molar-refractivity contribution is -0.136. The Kier molecular flexibility index (Phi) is 5.49. The molecule has 1 saturated heterocycles. The van der Waals surface area contributed by atoms with Crippen LogP contribution in [0.1, 0.15) is 39.9 Å². The standard InChI is InChI=1S/C24H24N4O5S/c1-14-5-6-16-15(12-25-19(16)11-14)9-10-26-34(32,33)21-4-2-3-17-18(21)13-28(24(17)31)20-7-8-22(29)27-23(20)30/h2-6,11-12,20,25-26H,7-10,13H2,1H3,(H,27,29,30). The Bertz CT molecular complexity index is 1440. The van der Waals surface area contributed by atoms with E-state index in [1.54, 1.807) is 6.07 Å². The average molecular weight is 481 g/mol. The van der Waals surface area contributed by atoms with Crippen LogP contribution in [0.3, 0.4) is 0 Å². The normalized spacial score (nSPS) is 18.4. The van der Waals surface area contributed by atoms with Crippen LogP contribution in [-0.2, 0) is 32.6 Å². The van der Waals surface area contributed by atoms with Crippen molar-refractivity contribution >= 4 is 38.6 Å². The van der Waals surface area contributed by atoms with Crippen LogP contribution in [-0.4, -0.2) is 48.6 Å². The number of sulfonamides is 1. The number of nitrogens with zero attached hydrogens (tertiary/aromatic N) is 1. The predicted molar refractivity (Wildman–Crippen MR) is 124 cm³/mol. The van der Waals surface area contributed by atoms with E-state index < -0.39 is 27.9 Å². The van der Waals surface area contributed by atoms with Crippen LogP contribution in [0.5, 0.6) is 0 Å². The quantitative estimate of drug-likeness (QED) is 0.463. The largest absolute Gasteiger partial charge is 0.361 e. The summed E-state index contributed by atoms with van der Waals surface area (Å²) in [4.78, 5) is 41.3. The molecule has 1 aromatic heterocycles. The van der Waals surface area contributed by atoms with Gasteiger partial charge in [-0.05, 0) is 49.1 Å². The molecule has 176 valence electrons. The number of piperidine rings is 1. The van der Waals surface area contributed by atoms with Gasteiger partial charge in [-0.3, -0.25) is 19.7 Å². The van der Waals surface area contributed by atoms with Gasteiger partial charge in [-0.25, -0.2) is 13.1 Å². The molecule has 0 saturated carbocycles. The Morgan fingerprint density at radius 2 is 1.97 bits per heavy atom. The van der Waals surface area contributed by atoms with Crippen LogP contribution in [0.2, 0.25) is 0 Å². The lowest BCUT2D eigenvalue weighted by Gasteiger charge is -2.29. The smallest absolute Gasteiger partial charge is 0.255 e. The molecule has 1 fully saturated rings. The number of aromatic nitrogens is 1. The van der Waals surface area contributed by atoms with Crippen LogP contribution in [0.25, 0.3) is 10.9 Å². The van der Waals surface area contributed by atoms with E-state index in [-0.39, 0.29) is 42.3 Å². The summed E-state index contributed by atoms with van der Waals surface area (Å²) < 4.78 is 29.0. The maximum absolute atomic E-state index is 13.2. The molecule has 0 spiro atoms. The molecule has 2 aromatic carbocycles. The number of benzene rings is 2. The Hall–Kier alpha value is -3.50. The zero-order chi connectivity index (χ0) is 24.0. The third kappa shape index (κ3) is 3.88. The fourth-order valence-electron chi connectivity index (χ4n) is 4.71. The molecular weight excluding hydrogens is 456 g/mol. The van der Waals surface area contributed by atoms with Crippen molar-refractivity contribution in [3.05, 3.63) is 64.8 Å². The minimum Gasteiger partial charge on any atom is -0.361 e. The summed E-state index contributed by atoms with van der Waals surface area (Å²) in [6.45, 7) is 2.20. The number of carbonyl (C=O) groups excluding carboxylic acids is 3. The second kappa shape index (κ2) is 8.37. The molecular formula is C24H24N4O5S. The topological polar surface area (TPSA) is 128 Å². The van der Waals surface area contributed by atoms with E-state index in [1.165, 1.54) is 17.0 Å². The van der Waals surface area contributed by atoms with Gasteiger partial charge in [0.25, 0.3) is 5.91 Å². The molecule has 1 unspecified atom stereocenters.